The monoisotopic (exact) mass is 360 g/mol. The quantitative estimate of drug-likeness (QED) is 0.579. The highest BCUT2D eigenvalue weighted by molar-refractivity contribution is 5.81. The fourth-order valence-corrected chi connectivity index (χ4v) is 3.38. The Bertz CT molecular complexity index is 597. The molecule has 0 saturated heterocycles. The summed E-state index contributed by atoms with van der Waals surface area (Å²) in [6.45, 7) is 1.25. The molecule has 0 atom stereocenters. The summed E-state index contributed by atoms with van der Waals surface area (Å²) >= 11 is 0. The Hall–Kier alpha value is -2.24. The molecular formula is C20H32N4O2. The molecule has 0 aliphatic heterocycles. The van der Waals surface area contributed by atoms with Crippen molar-refractivity contribution in [2.45, 2.75) is 51.1 Å². The number of carbonyl (C=O) groups excluding carboxylic acids is 1. The van der Waals surface area contributed by atoms with Gasteiger partial charge >= 0.3 is 0 Å². The lowest BCUT2D eigenvalue weighted by atomic mass is 9.95. The number of hydrogen-bond acceptors (Lipinski definition) is 3. The van der Waals surface area contributed by atoms with Gasteiger partial charge < -0.3 is 20.3 Å². The average molecular weight is 361 g/mol. The summed E-state index contributed by atoms with van der Waals surface area (Å²) in [5.74, 6) is 1.75. The van der Waals surface area contributed by atoms with E-state index in [2.05, 4.69) is 15.6 Å². The Kier molecular flexibility index (Phi) is 8.25. The molecule has 1 aromatic rings. The van der Waals surface area contributed by atoms with E-state index in [1.165, 1.54) is 19.3 Å². The largest absolute Gasteiger partial charge is 0.496 e. The molecule has 0 bridgehead atoms. The van der Waals surface area contributed by atoms with Crippen LogP contribution in [-0.2, 0) is 11.3 Å². The van der Waals surface area contributed by atoms with Crippen LogP contribution in [-0.4, -0.2) is 50.6 Å². The van der Waals surface area contributed by atoms with Crippen LogP contribution in [0.5, 0.6) is 5.75 Å². The third-order valence-electron chi connectivity index (χ3n) is 4.78. The van der Waals surface area contributed by atoms with Crippen molar-refractivity contribution >= 4 is 11.9 Å². The van der Waals surface area contributed by atoms with Crippen LogP contribution in [0.2, 0.25) is 0 Å². The lowest BCUT2D eigenvalue weighted by molar-refractivity contribution is -0.121. The molecule has 0 unspecified atom stereocenters. The number of methoxy groups -OCH3 is 1. The molecule has 1 fully saturated rings. The second-order valence-electron chi connectivity index (χ2n) is 6.79. The molecule has 6 heteroatoms. The van der Waals surface area contributed by atoms with Crippen molar-refractivity contribution in [3.05, 3.63) is 29.8 Å². The molecule has 1 aliphatic rings. The van der Waals surface area contributed by atoms with Crippen molar-refractivity contribution in [2.75, 3.05) is 27.7 Å². The molecule has 0 aromatic heterocycles. The number of amides is 1. The van der Waals surface area contributed by atoms with Crippen LogP contribution in [0.25, 0.3) is 0 Å². The summed E-state index contributed by atoms with van der Waals surface area (Å²) in [7, 11) is 5.41. The summed E-state index contributed by atoms with van der Waals surface area (Å²) in [6, 6.07) is 8.32. The van der Waals surface area contributed by atoms with Crippen molar-refractivity contribution in [3.8, 4) is 5.75 Å². The maximum atomic E-state index is 12.1. The predicted octanol–water partition coefficient (Wildman–Crippen LogP) is 2.54. The molecule has 0 heterocycles. The smallest absolute Gasteiger partial charge is 0.221 e. The van der Waals surface area contributed by atoms with E-state index < -0.39 is 0 Å². The maximum absolute atomic E-state index is 12.1. The summed E-state index contributed by atoms with van der Waals surface area (Å²) in [5.41, 5.74) is 1.09. The first-order chi connectivity index (χ1) is 12.6. The summed E-state index contributed by atoms with van der Waals surface area (Å²) < 4.78 is 5.40. The first-order valence-electron chi connectivity index (χ1n) is 9.47. The van der Waals surface area contributed by atoms with E-state index in [-0.39, 0.29) is 5.91 Å². The van der Waals surface area contributed by atoms with Crippen molar-refractivity contribution in [1.82, 2.24) is 15.5 Å². The molecule has 6 nitrogen and oxygen atoms in total. The van der Waals surface area contributed by atoms with Gasteiger partial charge in [-0.25, -0.2) is 0 Å². The van der Waals surface area contributed by atoms with Gasteiger partial charge in [0, 0.05) is 45.2 Å². The Labute approximate surface area is 157 Å². The fourth-order valence-electron chi connectivity index (χ4n) is 3.38. The topological polar surface area (TPSA) is 66.0 Å². The minimum Gasteiger partial charge on any atom is -0.496 e. The van der Waals surface area contributed by atoms with E-state index in [1.807, 2.05) is 36.2 Å². The second-order valence-corrected chi connectivity index (χ2v) is 6.79. The third-order valence-corrected chi connectivity index (χ3v) is 4.78. The van der Waals surface area contributed by atoms with E-state index in [1.54, 1.807) is 14.2 Å². The van der Waals surface area contributed by atoms with Crippen LogP contribution >= 0.6 is 0 Å². The molecule has 1 amide bonds. The zero-order valence-corrected chi connectivity index (χ0v) is 16.3. The van der Waals surface area contributed by atoms with Gasteiger partial charge in [0.15, 0.2) is 5.96 Å². The van der Waals surface area contributed by atoms with Gasteiger partial charge in [-0.15, -0.1) is 0 Å². The van der Waals surface area contributed by atoms with Gasteiger partial charge in [0.1, 0.15) is 5.75 Å². The average Bonchev–Trinajstić information content (AvgIpc) is 2.66. The normalized spacial score (nSPS) is 15.4. The van der Waals surface area contributed by atoms with Crippen molar-refractivity contribution < 1.29 is 9.53 Å². The Morgan fingerprint density at radius 3 is 2.69 bits per heavy atom. The standard InChI is InChI=1S/C20H32N4O2/c1-21-20(24(2)15-16-9-7-8-12-18(16)26-3)22-14-13-19(25)23-17-10-5-4-6-11-17/h7-9,12,17H,4-6,10-11,13-15H2,1-3H3,(H,21,22)(H,23,25). The second kappa shape index (κ2) is 10.7. The Balaban J connectivity index is 1.76. The van der Waals surface area contributed by atoms with Gasteiger partial charge in [-0.1, -0.05) is 37.5 Å². The van der Waals surface area contributed by atoms with Gasteiger partial charge in [-0.05, 0) is 18.9 Å². The van der Waals surface area contributed by atoms with Crippen LogP contribution in [0.15, 0.2) is 29.3 Å². The van der Waals surface area contributed by atoms with E-state index in [4.69, 9.17) is 4.74 Å². The number of nitrogens with zero attached hydrogens (tertiary/aromatic N) is 2. The van der Waals surface area contributed by atoms with Crippen molar-refractivity contribution in [3.63, 3.8) is 0 Å². The van der Waals surface area contributed by atoms with E-state index in [0.717, 1.165) is 30.1 Å². The molecule has 144 valence electrons. The first kappa shape index (κ1) is 20.1. The molecule has 0 radical (unpaired) electrons. The molecule has 2 rings (SSSR count). The van der Waals surface area contributed by atoms with Gasteiger partial charge in [0.2, 0.25) is 5.91 Å². The molecule has 1 aromatic carbocycles. The molecular weight excluding hydrogens is 328 g/mol. The summed E-state index contributed by atoms with van der Waals surface area (Å²) in [5, 5.41) is 6.42. The molecule has 1 saturated carbocycles. The highest BCUT2D eigenvalue weighted by atomic mass is 16.5. The number of rotatable bonds is 7. The molecule has 2 N–H and O–H groups in total. The van der Waals surface area contributed by atoms with Gasteiger partial charge in [0.05, 0.1) is 7.11 Å². The minimum absolute atomic E-state index is 0.118. The summed E-state index contributed by atoms with van der Waals surface area (Å²) in [4.78, 5) is 18.4. The number of carbonyl (C=O) groups is 1. The SMILES string of the molecule is CN=C(NCCC(=O)NC1CCCCC1)N(C)Cc1ccccc1OC. The van der Waals surface area contributed by atoms with Crippen LogP contribution in [0.1, 0.15) is 44.1 Å². The van der Waals surface area contributed by atoms with Crippen LogP contribution < -0.4 is 15.4 Å². The molecule has 0 spiro atoms. The lowest BCUT2D eigenvalue weighted by Crippen LogP contribution is -2.41. The van der Waals surface area contributed by atoms with Crippen molar-refractivity contribution in [1.29, 1.82) is 0 Å². The number of aliphatic imine (C=N–C) groups is 1. The first-order valence-corrected chi connectivity index (χ1v) is 9.47. The van der Waals surface area contributed by atoms with E-state index >= 15 is 0 Å². The minimum atomic E-state index is 0.118. The van der Waals surface area contributed by atoms with Crippen LogP contribution in [0.3, 0.4) is 0 Å². The molecule has 26 heavy (non-hydrogen) atoms. The van der Waals surface area contributed by atoms with Crippen molar-refractivity contribution in [2.24, 2.45) is 4.99 Å². The Morgan fingerprint density at radius 2 is 2.00 bits per heavy atom. The number of benzene rings is 1. The van der Waals surface area contributed by atoms with E-state index in [9.17, 15) is 4.79 Å². The number of guanidine groups is 1. The zero-order chi connectivity index (χ0) is 18.8. The number of hydrogen-bond donors (Lipinski definition) is 2. The predicted molar refractivity (Wildman–Crippen MR) is 105 cm³/mol. The van der Waals surface area contributed by atoms with Gasteiger partial charge in [-0.3, -0.25) is 9.79 Å². The van der Waals surface area contributed by atoms with Crippen LogP contribution in [0.4, 0.5) is 0 Å². The summed E-state index contributed by atoms with van der Waals surface area (Å²) in [6.07, 6.45) is 6.43. The van der Waals surface area contributed by atoms with Gasteiger partial charge in [-0.2, -0.15) is 0 Å². The van der Waals surface area contributed by atoms with Gasteiger partial charge in [0.25, 0.3) is 0 Å². The van der Waals surface area contributed by atoms with Crippen LogP contribution in [0, 0.1) is 0 Å². The Morgan fingerprint density at radius 1 is 1.27 bits per heavy atom. The lowest BCUT2D eigenvalue weighted by Gasteiger charge is -2.24. The third kappa shape index (κ3) is 6.24. The number of ether oxygens (including phenoxy) is 1. The number of nitrogens with one attached hydrogen (secondary N) is 2. The molecule has 1 aliphatic carbocycles. The van der Waals surface area contributed by atoms with E-state index in [0.29, 0.717) is 25.6 Å². The number of para-hydroxylation sites is 1. The fraction of sp³-hybridized carbons (Fsp3) is 0.600. The zero-order valence-electron chi connectivity index (χ0n) is 16.3. The highest BCUT2D eigenvalue weighted by Crippen LogP contribution is 2.19. The maximum Gasteiger partial charge on any atom is 0.221 e. The highest BCUT2D eigenvalue weighted by Gasteiger charge is 2.16.